The Balaban J connectivity index is 1.60. The summed E-state index contributed by atoms with van der Waals surface area (Å²) in [5.41, 5.74) is 1.23. The first-order valence-electron chi connectivity index (χ1n) is 8.03. The molecule has 1 aliphatic heterocycles. The fourth-order valence-corrected chi connectivity index (χ4v) is 2.89. The van der Waals surface area contributed by atoms with Crippen LogP contribution in [0.15, 0.2) is 30.6 Å². The van der Waals surface area contributed by atoms with Gasteiger partial charge in [-0.1, -0.05) is 12.1 Å². The average Bonchev–Trinajstić information content (AvgIpc) is 3.08. The number of carboxylic acids is 1. The molecule has 136 valence electrons. The number of hydrogen-bond acceptors (Lipinski definition) is 4. The fraction of sp³-hybridized carbons (Fsp3) is 0.294. The van der Waals surface area contributed by atoms with Gasteiger partial charge in [0.05, 0.1) is 29.8 Å². The smallest absolute Gasteiger partial charge is 0.326 e. The Labute approximate surface area is 148 Å². The highest BCUT2D eigenvalue weighted by Crippen LogP contribution is 2.21. The molecule has 2 aromatic rings. The van der Waals surface area contributed by atoms with Crippen LogP contribution < -0.4 is 5.32 Å². The van der Waals surface area contributed by atoms with E-state index in [-0.39, 0.29) is 31.5 Å². The summed E-state index contributed by atoms with van der Waals surface area (Å²) < 4.78 is 13.6. The van der Waals surface area contributed by atoms with Crippen LogP contribution in [0.3, 0.4) is 0 Å². The monoisotopic (exact) mass is 360 g/mol. The molecule has 1 atom stereocenters. The molecular weight excluding hydrogens is 343 g/mol. The first kappa shape index (κ1) is 17.6. The van der Waals surface area contributed by atoms with Crippen LogP contribution in [-0.4, -0.2) is 50.3 Å². The predicted octanol–water partition coefficient (Wildman–Crippen LogP) is 0.707. The van der Waals surface area contributed by atoms with Crippen molar-refractivity contribution in [3.63, 3.8) is 0 Å². The van der Waals surface area contributed by atoms with E-state index in [1.807, 2.05) is 0 Å². The Hall–Kier alpha value is -3.23. The molecule has 0 spiro atoms. The van der Waals surface area contributed by atoms with Gasteiger partial charge in [-0.25, -0.2) is 14.2 Å². The van der Waals surface area contributed by atoms with Gasteiger partial charge < -0.3 is 20.3 Å². The highest BCUT2D eigenvalue weighted by Gasteiger charge is 2.35. The minimum Gasteiger partial charge on any atom is -0.480 e. The van der Waals surface area contributed by atoms with Crippen molar-refractivity contribution in [3.05, 3.63) is 53.4 Å². The Bertz CT molecular complexity index is 851. The van der Waals surface area contributed by atoms with Crippen molar-refractivity contribution in [1.29, 1.82) is 0 Å². The molecule has 0 unspecified atom stereocenters. The molecule has 0 fully saturated rings. The Morgan fingerprint density at radius 2 is 2.12 bits per heavy atom. The van der Waals surface area contributed by atoms with Crippen molar-refractivity contribution >= 4 is 17.8 Å². The highest BCUT2D eigenvalue weighted by molar-refractivity contribution is 5.94. The van der Waals surface area contributed by atoms with Gasteiger partial charge in [0.1, 0.15) is 11.9 Å². The number of halogens is 1. The number of imidazole rings is 1. The largest absolute Gasteiger partial charge is 0.480 e. The zero-order valence-electron chi connectivity index (χ0n) is 13.7. The minimum absolute atomic E-state index is 0.0231. The van der Waals surface area contributed by atoms with Gasteiger partial charge in [0.15, 0.2) is 0 Å². The quantitative estimate of drug-likeness (QED) is 0.726. The number of aromatic nitrogens is 2. The summed E-state index contributed by atoms with van der Waals surface area (Å²) >= 11 is 0. The van der Waals surface area contributed by atoms with E-state index in [0.29, 0.717) is 11.4 Å². The van der Waals surface area contributed by atoms with E-state index >= 15 is 0 Å². The summed E-state index contributed by atoms with van der Waals surface area (Å²) in [7, 11) is 0. The number of nitrogens with one attached hydrogen (secondary N) is 2. The van der Waals surface area contributed by atoms with Gasteiger partial charge in [0.2, 0.25) is 5.91 Å². The van der Waals surface area contributed by atoms with E-state index in [1.54, 1.807) is 0 Å². The van der Waals surface area contributed by atoms with Crippen LogP contribution in [0, 0.1) is 5.82 Å². The molecule has 0 radical (unpaired) electrons. The van der Waals surface area contributed by atoms with Crippen molar-refractivity contribution in [2.45, 2.75) is 25.4 Å². The zero-order valence-corrected chi connectivity index (χ0v) is 13.7. The summed E-state index contributed by atoms with van der Waals surface area (Å²) in [4.78, 5) is 44.0. The number of hydrogen-bond donors (Lipinski definition) is 3. The van der Waals surface area contributed by atoms with E-state index in [1.165, 1.54) is 35.5 Å². The SMILES string of the molecule is O=C(NCCC(=O)N1Cc2[nH]cnc2C[C@@H]1C(=O)O)c1ccccc1F. The molecule has 0 saturated heterocycles. The number of aliphatic carboxylic acids is 1. The molecule has 3 rings (SSSR count). The van der Waals surface area contributed by atoms with Crippen molar-refractivity contribution in [2.24, 2.45) is 0 Å². The molecule has 26 heavy (non-hydrogen) atoms. The van der Waals surface area contributed by atoms with Gasteiger partial charge in [-0.15, -0.1) is 0 Å². The van der Waals surface area contributed by atoms with Crippen LogP contribution in [0.25, 0.3) is 0 Å². The van der Waals surface area contributed by atoms with E-state index in [9.17, 15) is 23.9 Å². The van der Waals surface area contributed by atoms with Crippen molar-refractivity contribution in [1.82, 2.24) is 20.2 Å². The van der Waals surface area contributed by atoms with Crippen molar-refractivity contribution < 1.29 is 23.9 Å². The van der Waals surface area contributed by atoms with Gasteiger partial charge in [-0.2, -0.15) is 0 Å². The number of carboxylic acid groups (broad SMARTS) is 1. The molecule has 1 aromatic heterocycles. The lowest BCUT2D eigenvalue weighted by molar-refractivity contribution is -0.151. The number of amides is 2. The summed E-state index contributed by atoms with van der Waals surface area (Å²) in [6, 6.07) is 4.53. The highest BCUT2D eigenvalue weighted by atomic mass is 19.1. The molecule has 9 heteroatoms. The topological polar surface area (TPSA) is 115 Å². The van der Waals surface area contributed by atoms with Crippen molar-refractivity contribution in [2.75, 3.05) is 6.54 Å². The third-order valence-corrected chi connectivity index (χ3v) is 4.25. The summed E-state index contributed by atoms with van der Waals surface area (Å²) in [5, 5.41) is 11.8. The second kappa shape index (κ2) is 7.34. The summed E-state index contributed by atoms with van der Waals surface area (Å²) in [6.07, 6.45) is 1.50. The molecule has 1 aromatic carbocycles. The maximum Gasteiger partial charge on any atom is 0.326 e. The minimum atomic E-state index is -1.11. The first-order chi connectivity index (χ1) is 12.5. The second-order valence-corrected chi connectivity index (χ2v) is 5.89. The Morgan fingerprint density at radius 3 is 2.85 bits per heavy atom. The number of H-pyrrole nitrogens is 1. The molecule has 8 nitrogen and oxygen atoms in total. The average molecular weight is 360 g/mol. The zero-order chi connectivity index (χ0) is 18.7. The third-order valence-electron chi connectivity index (χ3n) is 4.25. The molecular formula is C17H17FN4O4. The van der Waals surface area contributed by atoms with Crippen LogP contribution in [0.2, 0.25) is 0 Å². The molecule has 3 N–H and O–H groups in total. The lowest BCUT2D eigenvalue weighted by Gasteiger charge is -2.32. The lowest BCUT2D eigenvalue weighted by Crippen LogP contribution is -2.49. The number of benzene rings is 1. The van der Waals surface area contributed by atoms with E-state index < -0.39 is 29.6 Å². The van der Waals surface area contributed by atoms with Gasteiger partial charge in [0, 0.05) is 19.4 Å². The Kier molecular flexibility index (Phi) is 4.97. The van der Waals surface area contributed by atoms with Crippen LogP contribution in [0.4, 0.5) is 4.39 Å². The van der Waals surface area contributed by atoms with Gasteiger partial charge >= 0.3 is 5.97 Å². The van der Waals surface area contributed by atoms with Gasteiger partial charge in [-0.3, -0.25) is 9.59 Å². The van der Waals surface area contributed by atoms with Crippen LogP contribution in [0.1, 0.15) is 28.2 Å². The lowest BCUT2D eigenvalue weighted by atomic mass is 10.0. The number of carbonyl (C=O) groups is 3. The number of aromatic amines is 1. The molecule has 2 amide bonds. The molecule has 2 heterocycles. The number of nitrogens with zero attached hydrogens (tertiary/aromatic N) is 2. The third kappa shape index (κ3) is 3.56. The van der Waals surface area contributed by atoms with Gasteiger partial charge in [0.25, 0.3) is 5.91 Å². The standard InChI is InChI=1S/C17H17FN4O4/c18-11-4-2-1-3-10(11)16(24)19-6-5-15(23)22-8-13-12(20-9-21-13)7-14(22)17(25)26/h1-4,9,14H,5-8H2,(H,19,24)(H,20,21)(H,25,26)/t14-/m1/s1. The van der Waals surface area contributed by atoms with Crippen molar-refractivity contribution in [3.8, 4) is 0 Å². The molecule has 0 saturated carbocycles. The molecule has 0 aliphatic carbocycles. The number of carbonyl (C=O) groups excluding carboxylic acids is 2. The van der Waals surface area contributed by atoms with Gasteiger partial charge in [-0.05, 0) is 12.1 Å². The maximum absolute atomic E-state index is 13.6. The van der Waals surface area contributed by atoms with E-state index in [4.69, 9.17) is 0 Å². The number of rotatable bonds is 5. The fourth-order valence-electron chi connectivity index (χ4n) is 2.89. The molecule has 0 bridgehead atoms. The second-order valence-electron chi connectivity index (χ2n) is 5.89. The van der Waals surface area contributed by atoms with E-state index in [0.717, 1.165) is 0 Å². The normalized spacial score (nSPS) is 16.0. The molecule has 1 aliphatic rings. The first-order valence-corrected chi connectivity index (χ1v) is 8.03. The van der Waals surface area contributed by atoms with E-state index in [2.05, 4.69) is 15.3 Å². The predicted molar refractivity (Wildman–Crippen MR) is 87.6 cm³/mol. The Morgan fingerprint density at radius 1 is 1.35 bits per heavy atom. The summed E-state index contributed by atoms with van der Waals surface area (Å²) in [6.45, 7) is 0.0943. The van der Waals surface area contributed by atoms with Crippen LogP contribution >= 0.6 is 0 Å². The maximum atomic E-state index is 13.6. The van der Waals surface area contributed by atoms with Crippen LogP contribution in [0.5, 0.6) is 0 Å². The number of fused-ring (bicyclic) bond motifs is 1. The summed E-state index contributed by atoms with van der Waals surface area (Å²) in [5.74, 6) is -2.79. The van der Waals surface area contributed by atoms with Crippen LogP contribution in [-0.2, 0) is 22.6 Å².